The molecule has 8 nitrogen and oxygen atoms in total. The van der Waals surface area contributed by atoms with Crippen molar-refractivity contribution in [2.24, 2.45) is 5.92 Å². The van der Waals surface area contributed by atoms with E-state index in [9.17, 15) is 9.59 Å². The maximum atomic E-state index is 12.2. The van der Waals surface area contributed by atoms with E-state index < -0.39 is 6.04 Å². The third kappa shape index (κ3) is 4.60. The van der Waals surface area contributed by atoms with Gasteiger partial charge in [-0.15, -0.1) is 10.2 Å². The van der Waals surface area contributed by atoms with Gasteiger partial charge in [-0.25, -0.2) is 0 Å². The fourth-order valence-corrected chi connectivity index (χ4v) is 2.16. The number of H-pyrrole nitrogens is 1. The maximum absolute atomic E-state index is 12.2. The molecule has 0 fully saturated rings. The number of amides is 2. The van der Waals surface area contributed by atoms with Gasteiger partial charge in [0.05, 0.1) is 0 Å². The van der Waals surface area contributed by atoms with Crippen LogP contribution in [0.2, 0.25) is 0 Å². The largest absolute Gasteiger partial charge is 0.350 e. The van der Waals surface area contributed by atoms with Crippen LogP contribution in [0.5, 0.6) is 0 Å². The predicted molar refractivity (Wildman–Crippen MR) is 83.9 cm³/mol. The van der Waals surface area contributed by atoms with E-state index in [-0.39, 0.29) is 17.7 Å². The third-order valence-corrected chi connectivity index (χ3v) is 3.31. The van der Waals surface area contributed by atoms with Crippen molar-refractivity contribution in [3.05, 3.63) is 29.8 Å². The Bertz CT molecular complexity index is 668. The Balaban J connectivity index is 2.01. The Morgan fingerprint density at radius 3 is 2.70 bits per heavy atom. The van der Waals surface area contributed by atoms with E-state index >= 15 is 0 Å². The third-order valence-electron chi connectivity index (χ3n) is 3.31. The van der Waals surface area contributed by atoms with Crippen molar-refractivity contribution in [2.75, 3.05) is 0 Å². The lowest BCUT2D eigenvalue weighted by Gasteiger charge is -2.21. The molecule has 3 N–H and O–H groups in total. The minimum Gasteiger partial charge on any atom is -0.350 e. The van der Waals surface area contributed by atoms with Gasteiger partial charge in [-0.2, -0.15) is 5.21 Å². The average molecular weight is 316 g/mol. The van der Waals surface area contributed by atoms with Gasteiger partial charge in [-0.3, -0.25) is 9.59 Å². The van der Waals surface area contributed by atoms with Crippen LogP contribution in [0.25, 0.3) is 11.4 Å². The van der Waals surface area contributed by atoms with E-state index in [2.05, 4.69) is 31.3 Å². The summed E-state index contributed by atoms with van der Waals surface area (Å²) in [5.74, 6) is 0.0687. The quantitative estimate of drug-likeness (QED) is 0.724. The summed E-state index contributed by atoms with van der Waals surface area (Å²) in [6.45, 7) is 5.53. The standard InChI is InChI=1S/C15H20N6O2/c1-9(2)13(17-10(3)22)15(23)16-8-11-5-4-6-12(7-11)14-18-20-21-19-14/h4-7,9,13H,8H2,1-3H3,(H,16,23)(H,17,22)(H,18,19,20,21). The molecule has 1 unspecified atom stereocenters. The molecule has 2 rings (SSSR count). The summed E-state index contributed by atoms with van der Waals surface area (Å²) in [6.07, 6.45) is 0. The molecule has 0 aliphatic carbocycles. The minimum atomic E-state index is -0.548. The lowest BCUT2D eigenvalue weighted by Crippen LogP contribution is -2.48. The summed E-state index contributed by atoms with van der Waals surface area (Å²) in [6, 6.07) is 6.96. The molecular formula is C15H20N6O2. The molecule has 0 spiro atoms. The molecule has 2 aromatic rings. The molecule has 0 radical (unpaired) electrons. The van der Waals surface area contributed by atoms with Crippen molar-refractivity contribution in [3.8, 4) is 11.4 Å². The molecule has 2 amide bonds. The van der Waals surface area contributed by atoms with Gasteiger partial charge < -0.3 is 10.6 Å². The minimum absolute atomic E-state index is 0.00423. The molecule has 0 bridgehead atoms. The zero-order chi connectivity index (χ0) is 16.8. The number of benzene rings is 1. The smallest absolute Gasteiger partial charge is 0.243 e. The van der Waals surface area contributed by atoms with E-state index in [1.165, 1.54) is 6.92 Å². The van der Waals surface area contributed by atoms with Gasteiger partial charge in [-0.1, -0.05) is 32.0 Å². The monoisotopic (exact) mass is 316 g/mol. The van der Waals surface area contributed by atoms with Gasteiger partial charge in [0.25, 0.3) is 0 Å². The van der Waals surface area contributed by atoms with Crippen LogP contribution in [0, 0.1) is 5.92 Å². The second kappa shape index (κ2) is 7.48. The fourth-order valence-electron chi connectivity index (χ4n) is 2.16. The van der Waals surface area contributed by atoms with Gasteiger partial charge in [0.1, 0.15) is 6.04 Å². The van der Waals surface area contributed by atoms with Crippen molar-refractivity contribution in [1.82, 2.24) is 31.3 Å². The highest BCUT2D eigenvalue weighted by atomic mass is 16.2. The summed E-state index contributed by atoms with van der Waals surface area (Å²) >= 11 is 0. The molecule has 1 aromatic carbocycles. The van der Waals surface area contributed by atoms with Crippen molar-refractivity contribution in [3.63, 3.8) is 0 Å². The summed E-state index contributed by atoms with van der Waals surface area (Å²) in [5.41, 5.74) is 1.72. The SMILES string of the molecule is CC(=O)NC(C(=O)NCc1cccc(-c2nn[nH]n2)c1)C(C)C. The zero-order valence-electron chi connectivity index (χ0n) is 13.3. The summed E-state index contributed by atoms with van der Waals surface area (Å²) in [4.78, 5) is 23.4. The van der Waals surface area contributed by atoms with Crippen LogP contribution in [0.3, 0.4) is 0 Å². The van der Waals surface area contributed by atoms with Crippen LogP contribution in [0.15, 0.2) is 24.3 Å². The Labute approximate surface area is 134 Å². The second-order valence-electron chi connectivity index (χ2n) is 5.58. The van der Waals surface area contributed by atoms with Crippen molar-refractivity contribution >= 4 is 11.8 Å². The van der Waals surface area contributed by atoms with Crippen molar-refractivity contribution < 1.29 is 9.59 Å². The Hall–Kier alpha value is -2.77. The number of nitrogens with one attached hydrogen (secondary N) is 3. The molecule has 0 saturated carbocycles. The second-order valence-corrected chi connectivity index (χ2v) is 5.58. The maximum Gasteiger partial charge on any atom is 0.243 e. The van der Waals surface area contributed by atoms with E-state index in [4.69, 9.17) is 0 Å². The lowest BCUT2D eigenvalue weighted by molar-refractivity contribution is -0.129. The Kier molecular flexibility index (Phi) is 5.40. The molecular weight excluding hydrogens is 296 g/mol. The van der Waals surface area contributed by atoms with Crippen molar-refractivity contribution in [1.29, 1.82) is 0 Å². The Morgan fingerprint density at radius 1 is 1.30 bits per heavy atom. The van der Waals surface area contributed by atoms with Crippen LogP contribution in [0.4, 0.5) is 0 Å². The number of rotatable bonds is 6. The van der Waals surface area contributed by atoms with Crippen LogP contribution < -0.4 is 10.6 Å². The van der Waals surface area contributed by atoms with E-state index in [1.807, 2.05) is 38.1 Å². The summed E-state index contributed by atoms with van der Waals surface area (Å²) < 4.78 is 0. The molecule has 0 saturated heterocycles. The number of aromatic nitrogens is 4. The topological polar surface area (TPSA) is 113 Å². The molecule has 122 valence electrons. The summed E-state index contributed by atoms with van der Waals surface area (Å²) in [5, 5.41) is 19.3. The van der Waals surface area contributed by atoms with E-state index in [0.717, 1.165) is 11.1 Å². The highest BCUT2D eigenvalue weighted by molar-refractivity contribution is 5.87. The molecule has 8 heteroatoms. The van der Waals surface area contributed by atoms with Gasteiger partial charge in [0, 0.05) is 19.0 Å². The van der Waals surface area contributed by atoms with Gasteiger partial charge in [0.15, 0.2) is 0 Å². The fraction of sp³-hybridized carbons (Fsp3) is 0.400. The first-order valence-corrected chi connectivity index (χ1v) is 7.35. The molecule has 1 heterocycles. The van der Waals surface area contributed by atoms with Gasteiger partial charge >= 0.3 is 0 Å². The van der Waals surface area contributed by atoms with E-state index in [0.29, 0.717) is 12.4 Å². The average Bonchev–Trinajstić information content (AvgIpc) is 3.04. The number of tetrazole rings is 1. The van der Waals surface area contributed by atoms with Crippen LogP contribution in [-0.2, 0) is 16.1 Å². The van der Waals surface area contributed by atoms with Crippen LogP contribution in [-0.4, -0.2) is 38.5 Å². The Morgan fingerprint density at radius 2 is 2.09 bits per heavy atom. The first kappa shape index (κ1) is 16.6. The van der Waals surface area contributed by atoms with Crippen LogP contribution >= 0.6 is 0 Å². The van der Waals surface area contributed by atoms with Crippen LogP contribution in [0.1, 0.15) is 26.3 Å². The number of nitrogens with zero attached hydrogens (tertiary/aromatic N) is 3. The lowest BCUT2D eigenvalue weighted by atomic mass is 10.0. The normalized spacial score (nSPS) is 12.0. The van der Waals surface area contributed by atoms with Crippen molar-refractivity contribution in [2.45, 2.75) is 33.4 Å². The first-order valence-electron chi connectivity index (χ1n) is 7.35. The molecule has 1 aromatic heterocycles. The highest BCUT2D eigenvalue weighted by Crippen LogP contribution is 2.15. The number of aromatic amines is 1. The van der Waals surface area contributed by atoms with E-state index in [1.54, 1.807) is 0 Å². The van der Waals surface area contributed by atoms with Gasteiger partial charge in [-0.05, 0) is 22.8 Å². The predicted octanol–water partition coefficient (Wildman–Crippen LogP) is 0.644. The molecule has 1 atom stereocenters. The number of carbonyl (C=O) groups excluding carboxylic acids is 2. The number of hydrogen-bond acceptors (Lipinski definition) is 5. The number of hydrogen-bond donors (Lipinski definition) is 3. The summed E-state index contributed by atoms with van der Waals surface area (Å²) in [7, 11) is 0. The molecule has 23 heavy (non-hydrogen) atoms. The number of carbonyl (C=O) groups is 2. The molecule has 0 aliphatic heterocycles. The first-order chi connectivity index (χ1) is 11.0. The molecule has 0 aliphatic rings. The van der Waals surface area contributed by atoms with Gasteiger partial charge in [0.2, 0.25) is 17.6 Å². The highest BCUT2D eigenvalue weighted by Gasteiger charge is 2.22. The zero-order valence-corrected chi connectivity index (χ0v) is 13.3.